The molecule has 2 aliphatic rings. The molecule has 1 spiro atoms. The third-order valence-corrected chi connectivity index (χ3v) is 4.19. The first-order valence-corrected chi connectivity index (χ1v) is 7.71. The highest BCUT2D eigenvalue weighted by Crippen LogP contribution is 2.42. The van der Waals surface area contributed by atoms with Crippen LogP contribution >= 0.6 is 11.6 Å². The Balaban J connectivity index is 1.90. The summed E-state index contributed by atoms with van der Waals surface area (Å²) in [6.07, 6.45) is 1.75. The highest BCUT2D eigenvalue weighted by atomic mass is 35.5. The zero-order valence-corrected chi connectivity index (χ0v) is 12.9. The van der Waals surface area contributed by atoms with Crippen LogP contribution in [0.4, 0.5) is 0 Å². The quantitative estimate of drug-likeness (QED) is 0.862. The van der Waals surface area contributed by atoms with Crippen LogP contribution in [-0.2, 0) is 21.5 Å². The molecule has 1 unspecified atom stereocenters. The van der Waals surface area contributed by atoms with Gasteiger partial charge < -0.3 is 19.3 Å². The van der Waals surface area contributed by atoms with Gasteiger partial charge in [0.2, 0.25) is 0 Å². The van der Waals surface area contributed by atoms with Gasteiger partial charge >= 0.3 is 0 Å². The van der Waals surface area contributed by atoms with Crippen molar-refractivity contribution in [3.63, 3.8) is 0 Å². The summed E-state index contributed by atoms with van der Waals surface area (Å²) >= 11 is 6.15. The first kappa shape index (κ1) is 15.0. The number of hydrogen-bond acceptors (Lipinski definition) is 5. The number of aromatic nitrogens is 1. The van der Waals surface area contributed by atoms with Crippen molar-refractivity contribution in [3.05, 3.63) is 22.5 Å². The lowest BCUT2D eigenvalue weighted by atomic mass is 9.90. The summed E-state index contributed by atoms with van der Waals surface area (Å²) < 4.78 is 17.3. The Kier molecular flexibility index (Phi) is 4.36. The maximum absolute atomic E-state index is 9.34. The molecule has 0 saturated carbocycles. The SMILES string of the molecule is C[C@@H](O)CCOc1cc(Cl)nc2c1CCOC21CCOC1. The van der Waals surface area contributed by atoms with Gasteiger partial charge in [-0.1, -0.05) is 11.6 Å². The minimum Gasteiger partial charge on any atom is -0.493 e. The van der Waals surface area contributed by atoms with E-state index in [1.54, 1.807) is 13.0 Å². The molecular weight excluding hydrogens is 294 g/mol. The van der Waals surface area contributed by atoms with Crippen molar-refractivity contribution in [2.24, 2.45) is 0 Å². The summed E-state index contributed by atoms with van der Waals surface area (Å²) in [5.41, 5.74) is 1.44. The minimum absolute atomic E-state index is 0.379. The molecule has 1 saturated heterocycles. The molecule has 0 aliphatic carbocycles. The van der Waals surface area contributed by atoms with E-state index in [0.717, 1.165) is 29.8 Å². The summed E-state index contributed by atoms with van der Waals surface area (Å²) in [7, 11) is 0. The number of aliphatic hydroxyl groups is 1. The zero-order chi connectivity index (χ0) is 14.9. The molecule has 3 heterocycles. The van der Waals surface area contributed by atoms with Crippen molar-refractivity contribution < 1.29 is 19.3 Å². The molecule has 1 fully saturated rings. The lowest BCUT2D eigenvalue weighted by Gasteiger charge is -2.34. The molecule has 5 nitrogen and oxygen atoms in total. The maximum Gasteiger partial charge on any atom is 0.136 e. The Morgan fingerprint density at radius 1 is 1.52 bits per heavy atom. The van der Waals surface area contributed by atoms with Crippen molar-refractivity contribution in [2.75, 3.05) is 26.4 Å². The van der Waals surface area contributed by atoms with Gasteiger partial charge in [-0.2, -0.15) is 0 Å². The van der Waals surface area contributed by atoms with E-state index in [1.165, 1.54) is 0 Å². The van der Waals surface area contributed by atoms with Gasteiger partial charge in [0.05, 0.1) is 31.6 Å². The van der Waals surface area contributed by atoms with Crippen LogP contribution in [0.5, 0.6) is 5.75 Å². The molecule has 2 atom stereocenters. The average Bonchev–Trinajstić information content (AvgIpc) is 2.89. The maximum atomic E-state index is 9.34. The highest BCUT2D eigenvalue weighted by Gasteiger charge is 2.44. The van der Waals surface area contributed by atoms with E-state index in [0.29, 0.717) is 38.0 Å². The number of nitrogens with zero attached hydrogens (tertiary/aromatic N) is 1. The van der Waals surface area contributed by atoms with E-state index in [9.17, 15) is 5.11 Å². The molecule has 21 heavy (non-hydrogen) atoms. The van der Waals surface area contributed by atoms with Gasteiger partial charge in [-0.25, -0.2) is 4.98 Å². The molecule has 1 aromatic heterocycles. The van der Waals surface area contributed by atoms with Gasteiger partial charge in [0, 0.05) is 37.5 Å². The van der Waals surface area contributed by atoms with E-state index in [-0.39, 0.29) is 6.10 Å². The number of halogens is 1. The van der Waals surface area contributed by atoms with Crippen molar-refractivity contribution in [2.45, 2.75) is 37.9 Å². The second-order valence-electron chi connectivity index (χ2n) is 5.65. The Morgan fingerprint density at radius 3 is 3.10 bits per heavy atom. The molecule has 3 rings (SSSR count). The molecule has 1 aromatic rings. The first-order valence-electron chi connectivity index (χ1n) is 7.33. The molecule has 0 amide bonds. The second kappa shape index (κ2) is 6.08. The standard InChI is InChI=1S/C15H20ClNO4/c1-10(18)2-5-20-12-8-13(16)17-14-11(12)3-6-21-15(14)4-7-19-9-15/h8,10,18H,2-7,9H2,1H3/t10-,15?/m1/s1. The van der Waals surface area contributed by atoms with Crippen LogP contribution in [0, 0.1) is 0 Å². The topological polar surface area (TPSA) is 60.8 Å². The van der Waals surface area contributed by atoms with Crippen LogP contribution in [0.3, 0.4) is 0 Å². The zero-order valence-electron chi connectivity index (χ0n) is 12.1. The predicted molar refractivity (Wildman–Crippen MR) is 77.8 cm³/mol. The normalized spacial score (nSPS) is 25.9. The summed E-state index contributed by atoms with van der Waals surface area (Å²) in [6, 6.07) is 1.75. The monoisotopic (exact) mass is 313 g/mol. The number of ether oxygens (including phenoxy) is 3. The minimum atomic E-state index is -0.471. The summed E-state index contributed by atoms with van der Waals surface area (Å²) in [4.78, 5) is 4.48. The molecule has 0 aromatic carbocycles. The Bertz CT molecular complexity index is 515. The third kappa shape index (κ3) is 3.01. The molecular formula is C15H20ClNO4. The lowest BCUT2D eigenvalue weighted by molar-refractivity contribution is -0.0670. The average molecular weight is 314 g/mol. The van der Waals surface area contributed by atoms with Crippen molar-refractivity contribution in [3.8, 4) is 5.75 Å². The van der Waals surface area contributed by atoms with Gasteiger partial charge in [-0.3, -0.25) is 0 Å². The van der Waals surface area contributed by atoms with E-state index in [1.807, 2.05) is 0 Å². The van der Waals surface area contributed by atoms with Crippen LogP contribution in [0.2, 0.25) is 5.15 Å². The Labute approximate surface area is 129 Å². The molecule has 116 valence electrons. The molecule has 6 heteroatoms. The number of fused-ring (bicyclic) bond motifs is 2. The van der Waals surface area contributed by atoms with Crippen LogP contribution in [-0.4, -0.2) is 42.6 Å². The predicted octanol–water partition coefficient (Wildman–Crippen LogP) is 2.07. The van der Waals surface area contributed by atoms with Crippen LogP contribution < -0.4 is 4.74 Å². The van der Waals surface area contributed by atoms with Crippen LogP contribution in [0.1, 0.15) is 31.0 Å². The Hall–Kier alpha value is -0.880. The van der Waals surface area contributed by atoms with E-state index in [2.05, 4.69) is 4.98 Å². The number of rotatable bonds is 4. The van der Waals surface area contributed by atoms with Crippen LogP contribution in [0.15, 0.2) is 6.07 Å². The lowest BCUT2D eigenvalue weighted by Crippen LogP contribution is -2.37. The van der Waals surface area contributed by atoms with Crippen molar-refractivity contribution >= 4 is 11.6 Å². The fraction of sp³-hybridized carbons (Fsp3) is 0.667. The molecule has 1 N–H and O–H groups in total. The number of aliphatic hydroxyl groups excluding tert-OH is 1. The first-order chi connectivity index (χ1) is 10.1. The van der Waals surface area contributed by atoms with Gasteiger partial charge in [-0.15, -0.1) is 0 Å². The second-order valence-corrected chi connectivity index (χ2v) is 6.04. The fourth-order valence-electron chi connectivity index (χ4n) is 2.87. The Morgan fingerprint density at radius 2 is 2.38 bits per heavy atom. The van der Waals surface area contributed by atoms with Crippen molar-refractivity contribution in [1.82, 2.24) is 4.98 Å². The summed E-state index contributed by atoms with van der Waals surface area (Å²) in [5, 5.41) is 9.74. The highest BCUT2D eigenvalue weighted by molar-refractivity contribution is 6.29. The van der Waals surface area contributed by atoms with Crippen molar-refractivity contribution in [1.29, 1.82) is 0 Å². The van der Waals surface area contributed by atoms with Crippen LogP contribution in [0.25, 0.3) is 0 Å². The van der Waals surface area contributed by atoms with E-state index >= 15 is 0 Å². The smallest absolute Gasteiger partial charge is 0.136 e. The van der Waals surface area contributed by atoms with Gasteiger partial charge in [-0.05, 0) is 6.92 Å². The van der Waals surface area contributed by atoms with Gasteiger partial charge in [0.15, 0.2) is 0 Å². The summed E-state index contributed by atoms with van der Waals surface area (Å²) in [6.45, 7) is 4.02. The van der Waals surface area contributed by atoms with Gasteiger partial charge in [0.25, 0.3) is 0 Å². The fourth-order valence-corrected chi connectivity index (χ4v) is 3.05. The largest absolute Gasteiger partial charge is 0.493 e. The molecule has 0 bridgehead atoms. The van der Waals surface area contributed by atoms with E-state index < -0.39 is 5.60 Å². The van der Waals surface area contributed by atoms with Gasteiger partial charge in [0.1, 0.15) is 16.5 Å². The van der Waals surface area contributed by atoms with E-state index in [4.69, 9.17) is 25.8 Å². The third-order valence-electron chi connectivity index (χ3n) is 3.99. The number of hydrogen-bond donors (Lipinski definition) is 1. The summed E-state index contributed by atoms with van der Waals surface area (Å²) in [5.74, 6) is 0.750. The molecule has 2 aliphatic heterocycles. The molecule has 0 radical (unpaired) electrons. The number of pyridine rings is 1.